The number of ketones is 2. The van der Waals surface area contributed by atoms with Gasteiger partial charge < -0.3 is 38.2 Å². The molecule has 2 aliphatic rings. The Bertz CT molecular complexity index is 3350. The number of thiophene rings is 2. The van der Waals surface area contributed by atoms with E-state index in [0.717, 1.165) is 84.0 Å². The number of benzene rings is 3. The number of primary amides is 2. The molecule has 67 heavy (non-hydrogen) atoms. The molecule has 17 heteroatoms. The van der Waals surface area contributed by atoms with Crippen LogP contribution in [0.3, 0.4) is 0 Å². The number of fused-ring (bicyclic) bond motifs is 4. The van der Waals surface area contributed by atoms with Crippen LogP contribution >= 0.6 is 22.7 Å². The number of amides is 2. The number of H-pyrrole nitrogens is 2. The van der Waals surface area contributed by atoms with Crippen LogP contribution in [0.5, 0.6) is 0 Å². The molecule has 15 nitrogen and oxygen atoms in total. The van der Waals surface area contributed by atoms with Crippen LogP contribution in [-0.4, -0.2) is 53.3 Å². The van der Waals surface area contributed by atoms with Gasteiger partial charge in [-0.2, -0.15) is 0 Å². The second-order valence-corrected chi connectivity index (χ2v) is 17.1. The molecule has 11 N–H and O–H groups in total. The molecule has 334 valence electrons. The molecule has 0 bridgehead atoms. The molecule has 6 heterocycles. The second kappa shape index (κ2) is 20.1. The SMILES string of the molecule is CCc1ncc(/C=C2\C(=O)Cc3ccccc32)[nH]1.NC(=O)c1sc2nccc(Nc3ccccc3)c2c1N.NC(=O)c1sc2ncccc2c1N.O=C1Cc2ccccc2/C1=C/c1cnc[nH]1. The highest BCUT2D eigenvalue weighted by Gasteiger charge is 2.25. The highest BCUT2D eigenvalue weighted by atomic mass is 32.1. The van der Waals surface area contributed by atoms with Gasteiger partial charge in [-0.15, -0.1) is 22.7 Å². The third kappa shape index (κ3) is 10.1. The number of nitrogens with one attached hydrogen (secondary N) is 3. The largest absolute Gasteiger partial charge is 0.397 e. The predicted molar refractivity (Wildman–Crippen MR) is 267 cm³/mol. The molecule has 0 fully saturated rings. The van der Waals surface area contributed by atoms with Crippen LogP contribution in [0.25, 0.3) is 43.7 Å². The molecule has 2 aliphatic carbocycles. The lowest BCUT2D eigenvalue weighted by Gasteiger charge is -2.07. The number of anilines is 4. The molecule has 11 rings (SSSR count). The van der Waals surface area contributed by atoms with Gasteiger partial charge in [0.2, 0.25) is 0 Å². The molecule has 2 amide bonds. The smallest absolute Gasteiger partial charge is 0.260 e. The van der Waals surface area contributed by atoms with Crippen LogP contribution in [0, 0.1) is 0 Å². The van der Waals surface area contributed by atoms with E-state index in [4.69, 9.17) is 22.9 Å². The molecule has 0 spiro atoms. The number of carbonyl (C=O) groups is 4. The molecule has 0 saturated carbocycles. The minimum absolute atomic E-state index is 0.177. The van der Waals surface area contributed by atoms with Crippen LogP contribution < -0.4 is 28.3 Å². The third-order valence-corrected chi connectivity index (χ3v) is 12.9. The lowest BCUT2D eigenvalue weighted by molar-refractivity contribution is -0.113. The van der Waals surface area contributed by atoms with E-state index in [1.54, 1.807) is 37.2 Å². The van der Waals surface area contributed by atoms with Crippen LogP contribution in [0.2, 0.25) is 0 Å². The molecule has 9 aromatic rings. The van der Waals surface area contributed by atoms with Crippen molar-refractivity contribution < 1.29 is 19.2 Å². The summed E-state index contributed by atoms with van der Waals surface area (Å²) in [5, 5.41) is 4.80. The Morgan fingerprint density at radius 1 is 0.687 bits per heavy atom. The van der Waals surface area contributed by atoms with Crippen molar-refractivity contribution in [2.75, 3.05) is 16.8 Å². The van der Waals surface area contributed by atoms with Gasteiger partial charge in [-0.3, -0.25) is 19.2 Å². The zero-order chi connectivity index (χ0) is 47.0. The maximum atomic E-state index is 12.0. The maximum Gasteiger partial charge on any atom is 0.260 e. The number of allylic oxidation sites excluding steroid dienone is 2. The van der Waals surface area contributed by atoms with Crippen LogP contribution in [0.1, 0.15) is 65.7 Å². The van der Waals surface area contributed by atoms with Gasteiger partial charge in [-0.25, -0.2) is 19.9 Å². The maximum absolute atomic E-state index is 12.0. The average Bonchev–Trinajstić information content (AvgIpc) is 4.21. The normalized spacial score (nSPS) is 13.6. The van der Waals surface area contributed by atoms with Crippen molar-refractivity contribution in [2.45, 2.75) is 26.2 Å². The van der Waals surface area contributed by atoms with Crippen molar-refractivity contribution in [1.29, 1.82) is 0 Å². The quantitative estimate of drug-likeness (QED) is 0.0746. The van der Waals surface area contributed by atoms with Gasteiger partial charge in [-0.05, 0) is 64.7 Å². The molecule has 0 radical (unpaired) electrons. The van der Waals surface area contributed by atoms with Gasteiger partial charge in [0.25, 0.3) is 11.8 Å². The summed E-state index contributed by atoms with van der Waals surface area (Å²) in [6.45, 7) is 2.05. The number of aromatic amines is 2. The first-order chi connectivity index (χ1) is 32.5. The Hall–Kier alpha value is -8.54. The zero-order valence-corrected chi connectivity index (χ0v) is 37.6. The summed E-state index contributed by atoms with van der Waals surface area (Å²) in [6.07, 6.45) is 14.1. The fourth-order valence-electron chi connectivity index (χ4n) is 7.46. The first-order valence-electron chi connectivity index (χ1n) is 20.9. The molecule has 0 aliphatic heterocycles. The number of aryl methyl sites for hydroxylation is 1. The number of hydrogen-bond acceptors (Lipinski definition) is 13. The third-order valence-electron chi connectivity index (χ3n) is 10.7. The van der Waals surface area contributed by atoms with Gasteiger partial charge >= 0.3 is 0 Å². The summed E-state index contributed by atoms with van der Waals surface area (Å²) < 4.78 is 0. The Labute approximate surface area is 391 Å². The number of nitrogens with two attached hydrogens (primary N) is 4. The number of Topliss-reactive ketones (excluding diaryl/α,β-unsaturated/α-hetero) is 2. The predicted octanol–water partition coefficient (Wildman–Crippen LogP) is 8.41. The highest BCUT2D eigenvalue weighted by Crippen LogP contribution is 2.38. The number of rotatable bonds is 7. The minimum atomic E-state index is -0.531. The summed E-state index contributed by atoms with van der Waals surface area (Å²) in [5.41, 5.74) is 32.4. The second-order valence-electron chi connectivity index (χ2n) is 15.1. The Morgan fingerprint density at radius 2 is 1.28 bits per heavy atom. The van der Waals surface area contributed by atoms with Gasteiger partial charge in [0.1, 0.15) is 25.2 Å². The van der Waals surface area contributed by atoms with Crippen molar-refractivity contribution in [3.05, 3.63) is 177 Å². The number of nitrogens with zero attached hydrogens (tertiary/aromatic N) is 4. The Morgan fingerprint density at radius 3 is 1.88 bits per heavy atom. The van der Waals surface area contributed by atoms with Crippen LogP contribution in [0.15, 0.2) is 128 Å². The van der Waals surface area contributed by atoms with E-state index in [2.05, 4.69) is 35.2 Å². The number of hydrogen-bond donors (Lipinski definition) is 7. The van der Waals surface area contributed by atoms with Crippen molar-refractivity contribution in [1.82, 2.24) is 29.9 Å². The molecule has 6 aromatic heterocycles. The lowest BCUT2D eigenvalue weighted by Crippen LogP contribution is -2.10. The van der Waals surface area contributed by atoms with Gasteiger partial charge in [-0.1, -0.05) is 73.7 Å². The summed E-state index contributed by atoms with van der Waals surface area (Å²) >= 11 is 2.43. The number of nitrogen functional groups attached to an aromatic ring is 2. The Balaban J connectivity index is 0.000000122. The highest BCUT2D eigenvalue weighted by molar-refractivity contribution is 7.21. The molecule has 0 saturated heterocycles. The number of imidazole rings is 2. The molecular formula is C50H43N11O4S2. The first kappa shape index (κ1) is 45.0. The topological polar surface area (TPSA) is 268 Å². The van der Waals surface area contributed by atoms with Gasteiger partial charge in [0.05, 0.1) is 52.6 Å². The van der Waals surface area contributed by atoms with E-state index in [-0.39, 0.29) is 11.6 Å². The zero-order valence-electron chi connectivity index (χ0n) is 35.9. The fraction of sp³-hybridized carbons (Fsp3) is 0.0800. The molecule has 0 atom stereocenters. The van der Waals surface area contributed by atoms with E-state index >= 15 is 0 Å². The minimum Gasteiger partial charge on any atom is -0.397 e. The summed E-state index contributed by atoms with van der Waals surface area (Å²) in [6, 6.07) is 31.0. The van der Waals surface area contributed by atoms with E-state index in [1.165, 1.54) is 22.7 Å². The number of para-hydroxylation sites is 1. The molecule has 3 aromatic carbocycles. The van der Waals surface area contributed by atoms with E-state index in [1.807, 2.05) is 110 Å². The van der Waals surface area contributed by atoms with Crippen LogP contribution in [-0.2, 0) is 28.9 Å². The van der Waals surface area contributed by atoms with Crippen molar-refractivity contribution in [3.8, 4) is 0 Å². The fourth-order valence-corrected chi connectivity index (χ4v) is 9.32. The van der Waals surface area contributed by atoms with E-state index < -0.39 is 11.8 Å². The van der Waals surface area contributed by atoms with Gasteiger partial charge in [0, 0.05) is 53.9 Å². The number of carbonyl (C=O) groups excluding carboxylic acids is 4. The van der Waals surface area contributed by atoms with Crippen molar-refractivity contribution in [2.24, 2.45) is 11.5 Å². The first-order valence-corrected chi connectivity index (χ1v) is 22.5. The number of aromatic nitrogens is 6. The molecule has 0 unspecified atom stereocenters. The Kier molecular flexibility index (Phi) is 13.5. The summed E-state index contributed by atoms with van der Waals surface area (Å²) in [4.78, 5) is 71.0. The lowest BCUT2D eigenvalue weighted by atomic mass is 10.1. The average molecular weight is 926 g/mol. The summed E-state index contributed by atoms with van der Waals surface area (Å²) in [5.74, 6) is 0.275. The number of pyridine rings is 2. The molecular weight excluding hydrogens is 883 g/mol. The van der Waals surface area contributed by atoms with Crippen molar-refractivity contribution >= 4 is 113 Å². The van der Waals surface area contributed by atoms with E-state index in [9.17, 15) is 19.2 Å². The van der Waals surface area contributed by atoms with Gasteiger partial charge in [0.15, 0.2) is 11.6 Å². The van der Waals surface area contributed by atoms with Crippen molar-refractivity contribution in [3.63, 3.8) is 0 Å². The standard InChI is InChI=1S/C15H14N2O.C14H12N4OS.C13H10N2O.C8H7N3OS/c1-2-15-16-9-11(17-15)8-13-12-6-4-3-5-10(12)7-14(13)18;15-11-10-9(18-8-4-2-1-3-5-8)6-7-17-14(10)20-12(11)13(16)19;16-13-5-9-3-1-2-4-11(9)12(13)6-10-7-14-8-15-10;9-5-4-2-1-3-11-8(4)13-6(5)7(10)12/h3-6,8-9H,2,7H2,1H3,(H,16,17);1-7H,15H2,(H2,16,19)(H,17,18);1-4,6-8H,5H2,(H,14,15);1-3H,9H2,(H2,10,12)/b13-8-;;12-6-;. The van der Waals surface area contributed by atoms with E-state index in [0.29, 0.717) is 38.8 Å². The summed E-state index contributed by atoms with van der Waals surface area (Å²) in [7, 11) is 0. The monoisotopic (exact) mass is 925 g/mol. The van der Waals surface area contributed by atoms with Crippen LogP contribution in [0.4, 0.5) is 22.7 Å².